The maximum absolute atomic E-state index is 5.83. The Kier molecular flexibility index (Phi) is 3.58. The molecule has 1 rings (SSSR count). The molecule has 0 spiro atoms. The zero-order valence-corrected chi connectivity index (χ0v) is 8.13. The van der Waals surface area contributed by atoms with Gasteiger partial charge < -0.3 is 15.8 Å². The van der Waals surface area contributed by atoms with Gasteiger partial charge in [0, 0.05) is 11.8 Å². The van der Waals surface area contributed by atoms with Crippen molar-refractivity contribution in [1.29, 1.82) is 0 Å². The zero-order valence-electron chi connectivity index (χ0n) is 8.13. The fraction of sp³-hybridized carbons (Fsp3) is 0.400. The van der Waals surface area contributed by atoms with Crippen molar-refractivity contribution >= 4 is 5.69 Å². The van der Waals surface area contributed by atoms with Crippen molar-refractivity contribution in [3.8, 4) is 5.75 Å². The Labute approximate surface area is 78.9 Å². The molecule has 3 N–H and O–H groups in total. The highest BCUT2D eigenvalue weighted by Gasteiger charge is 1.99. The van der Waals surface area contributed by atoms with Crippen LogP contribution in [0.4, 0.5) is 5.69 Å². The largest absolute Gasteiger partial charge is 0.497 e. The first-order chi connectivity index (χ1) is 6.27. The van der Waals surface area contributed by atoms with Crippen molar-refractivity contribution in [2.24, 2.45) is 0 Å². The Bertz CT molecular complexity index is 274. The number of likely N-dealkylation sites (N-methyl/N-ethyl adjacent to an activating group) is 1. The van der Waals surface area contributed by atoms with Crippen LogP contribution in [-0.4, -0.2) is 20.7 Å². The Balaban J connectivity index is 2.73. The van der Waals surface area contributed by atoms with Crippen molar-refractivity contribution in [3.63, 3.8) is 0 Å². The second kappa shape index (κ2) is 4.72. The lowest BCUT2D eigenvalue weighted by molar-refractivity contribution is 0.415. The molecule has 1 aromatic rings. The standard InChI is InChI=1S/C10H16N2O/c1-12-6-5-8-3-4-9(13-2)7-10(8)11/h3-4,7,12H,5-6,11H2,1-2H3. The monoisotopic (exact) mass is 180 g/mol. The van der Waals surface area contributed by atoms with E-state index in [1.807, 2.05) is 25.2 Å². The third kappa shape index (κ3) is 2.63. The van der Waals surface area contributed by atoms with Crippen molar-refractivity contribution in [3.05, 3.63) is 23.8 Å². The molecule has 1 aromatic carbocycles. The van der Waals surface area contributed by atoms with E-state index in [2.05, 4.69) is 5.32 Å². The molecule has 0 aliphatic rings. The van der Waals surface area contributed by atoms with Crippen molar-refractivity contribution in [2.75, 3.05) is 26.4 Å². The Hall–Kier alpha value is -1.22. The molecule has 0 aliphatic heterocycles. The van der Waals surface area contributed by atoms with Gasteiger partial charge >= 0.3 is 0 Å². The van der Waals surface area contributed by atoms with E-state index in [4.69, 9.17) is 10.5 Å². The summed E-state index contributed by atoms with van der Waals surface area (Å²) in [7, 11) is 3.57. The Morgan fingerprint density at radius 1 is 1.46 bits per heavy atom. The number of benzene rings is 1. The van der Waals surface area contributed by atoms with Gasteiger partial charge in [0.25, 0.3) is 0 Å². The summed E-state index contributed by atoms with van der Waals surface area (Å²) in [5.74, 6) is 0.811. The van der Waals surface area contributed by atoms with Gasteiger partial charge in [-0.05, 0) is 31.6 Å². The van der Waals surface area contributed by atoms with Gasteiger partial charge in [0.2, 0.25) is 0 Å². The summed E-state index contributed by atoms with van der Waals surface area (Å²) in [6.07, 6.45) is 0.951. The number of ether oxygens (including phenoxy) is 1. The first kappa shape index (κ1) is 9.86. The molecule has 0 saturated heterocycles. The first-order valence-corrected chi connectivity index (χ1v) is 4.35. The fourth-order valence-corrected chi connectivity index (χ4v) is 1.19. The molecule has 0 radical (unpaired) electrons. The van der Waals surface area contributed by atoms with Gasteiger partial charge in [-0.2, -0.15) is 0 Å². The summed E-state index contributed by atoms with van der Waals surface area (Å²) in [5.41, 5.74) is 7.79. The molecule has 0 fully saturated rings. The van der Waals surface area contributed by atoms with Crippen molar-refractivity contribution < 1.29 is 4.74 Å². The van der Waals surface area contributed by atoms with Crippen LogP contribution in [0.15, 0.2) is 18.2 Å². The lowest BCUT2D eigenvalue weighted by atomic mass is 10.1. The maximum Gasteiger partial charge on any atom is 0.120 e. The highest BCUT2D eigenvalue weighted by Crippen LogP contribution is 2.19. The third-order valence-corrected chi connectivity index (χ3v) is 2.00. The smallest absolute Gasteiger partial charge is 0.120 e. The molecule has 0 saturated carbocycles. The number of nitrogen functional groups attached to an aromatic ring is 1. The number of rotatable bonds is 4. The van der Waals surface area contributed by atoms with Gasteiger partial charge in [0.15, 0.2) is 0 Å². The highest BCUT2D eigenvalue weighted by molar-refractivity contribution is 5.51. The minimum absolute atomic E-state index is 0.801. The van der Waals surface area contributed by atoms with E-state index in [0.717, 1.165) is 30.0 Å². The predicted molar refractivity (Wildman–Crippen MR) is 55.0 cm³/mol. The molecule has 0 aromatic heterocycles. The molecule has 72 valence electrons. The van der Waals surface area contributed by atoms with E-state index < -0.39 is 0 Å². The van der Waals surface area contributed by atoms with Crippen LogP contribution in [0.2, 0.25) is 0 Å². The van der Waals surface area contributed by atoms with Crippen LogP contribution in [0.5, 0.6) is 5.75 Å². The Morgan fingerprint density at radius 2 is 2.23 bits per heavy atom. The summed E-state index contributed by atoms with van der Waals surface area (Å²) in [6.45, 7) is 0.941. The summed E-state index contributed by atoms with van der Waals surface area (Å²) < 4.78 is 5.06. The second-order valence-corrected chi connectivity index (χ2v) is 2.92. The van der Waals surface area contributed by atoms with Crippen LogP contribution >= 0.6 is 0 Å². The molecule has 0 unspecified atom stereocenters. The number of hydrogen-bond acceptors (Lipinski definition) is 3. The molecule has 3 nitrogen and oxygen atoms in total. The van der Waals surface area contributed by atoms with Crippen LogP contribution in [0.25, 0.3) is 0 Å². The van der Waals surface area contributed by atoms with Crippen LogP contribution < -0.4 is 15.8 Å². The normalized spacial score (nSPS) is 10.0. The second-order valence-electron chi connectivity index (χ2n) is 2.92. The van der Waals surface area contributed by atoms with E-state index in [1.165, 1.54) is 0 Å². The minimum atomic E-state index is 0.801. The van der Waals surface area contributed by atoms with Gasteiger partial charge in [-0.15, -0.1) is 0 Å². The maximum atomic E-state index is 5.83. The molecule has 0 heterocycles. The van der Waals surface area contributed by atoms with Crippen LogP contribution in [0.1, 0.15) is 5.56 Å². The lowest BCUT2D eigenvalue weighted by Crippen LogP contribution is -2.11. The highest BCUT2D eigenvalue weighted by atomic mass is 16.5. The van der Waals surface area contributed by atoms with Crippen molar-refractivity contribution in [1.82, 2.24) is 5.32 Å². The number of anilines is 1. The van der Waals surface area contributed by atoms with Gasteiger partial charge in [-0.1, -0.05) is 6.07 Å². The molecule has 0 bridgehead atoms. The van der Waals surface area contributed by atoms with E-state index in [1.54, 1.807) is 7.11 Å². The quantitative estimate of drug-likeness (QED) is 0.681. The number of hydrogen-bond donors (Lipinski definition) is 2. The summed E-state index contributed by atoms with van der Waals surface area (Å²) in [6, 6.07) is 5.79. The van der Waals surface area contributed by atoms with E-state index >= 15 is 0 Å². The molecule has 13 heavy (non-hydrogen) atoms. The summed E-state index contributed by atoms with van der Waals surface area (Å²) >= 11 is 0. The van der Waals surface area contributed by atoms with E-state index in [9.17, 15) is 0 Å². The summed E-state index contributed by atoms with van der Waals surface area (Å²) in [4.78, 5) is 0. The number of nitrogens with two attached hydrogens (primary N) is 1. The first-order valence-electron chi connectivity index (χ1n) is 4.35. The minimum Gasteiger partial charge on any atom is -0.497 e. The average Bonchev–Trinajstić information content (AvgIpc) is 2.16. The molecular formula is C10H16N2O. The van der Waals surface area contributed by atoms with Crippen LogP contribution in [0.3, 0.4) is 0 Å². The SMILES string of the molecule is CNCCc1ccc(OC)cc1N. The zero-order chi connectivity index (χ0) is 9.68. The van der Waals surface area contributed by atoms with Crippen molar-refractivity contribution in [2.45, 2.75) is 6.42 Å². The molecule has 0 atom stereocenters. The predicted octanol–water partition coefficient (Wildman–Crippen LogP) is 1.04. The molecule has 0 amide bonds. The van der Waals surface area contributed by atoms with Gasteiger partial charge in [-0.3, -0.25) is 0 Å². The lowest BCUT2D eigenvalue weighted by Gasteiger charge is -2.07. The van der Waals surface area contributed by atoms with Crippen LogP contribution in [0, 0.1) is 0 Å². The number of nitrogens with one attached hydrogen (secondary N) is 1. The Morgan fingerprint density at radius 3 is 2.77 bits per heavy atom. The molecule has 3 heteroatoms. The van der Waals surface area contributed by atoms with Gasteiger partial charge in [-0.25, -0.2) is 0 Å². The molecular weight excluding hydrogens is 164 g/mol. The topological polar surface area (TPSA) is 47.3 Å². The van der Waals surface area contributed by atoms with Gasteiger partial charge in [0.1, 0.15) is 5.75 Å². The van der Waals surface area contributed by atoms with E-state index in [0.29, 0.717) is 0 Å². The summed E-state index contributed by atoms with van der Waals surface area (Å²) in [5, 5.41) is 3.09. The molecule has 0 aliphatic carbocycles. The fourth-order valence-electron chi connectivity index (χ4n) is 1.19. The van der Waals surface area contributed by atoms with Gasteiger partial charge in [0.05, 0.1) is 7.11 Å². The van der Waals surface area contributed by atoms with Crippen LogP contribution in [-0.2, 0) is 6.42 Å². The van der Waals surface area contributed by atoms with E-state index in [-0.39, 0.29) is 0 Å². The third-order valence-electron chi connectivity index (χ3n) is 2.00. The average molecular weight is 180 g/mol. The number of methoxy groups -OCH3 is 1.